The van der Waals surface area contributed by atoms with Gasteiger partial charge in [0.1, 0.15) is 17.1 Å². The van der Waals surface area contributed by atoms with Gasteiger partial charge in [-0.3, -0.25) is 14.3 Å². The number of likely N-dealkylation sites (N-methyl/N-ethyl adjacent to an activating group) is 1. The van der Waals surface area contributed by atoms with Crippen molar-refractivity contribution in [2.75, 3.05) is 32.5 Å². The Labute approximate surface area is 152 Å². The van der Waals surface area contributed by atoms with Crippen molar-refractivity contribution in [3.8, 4) is 0 Å². The van der Waals surface area contributed by atoms with Gasteiger partial charge in [-0.2, -0.15) is 5.10 Å². The first-order valence-electron chi connectivity index (χ1n) is 8.65. The summed E-state index contributed by atoms with van der Waals surface area (Å²) in [6, 6.07) is 3.54. The number of carbonyl (C=O) groups is 2. The van der Waals surface area contributed by atoms with Crippen LogP contribution in [-0.2, 0) is 11.8 Å². The molecule has 0 aromatic carbocycles. The number of nitrogens with zero attached hydrogens (tertiary/aromatic N) is 4. The minimum Gasteiger partial charge on any atom is -0.469 e. The zero-order valence-corrected chi connectivity index (χ0v) is 15.7. The molecule has 2 amide bonds. The summed E-state index contributed by atoms with van der Waals surface area (Å²) in [5.41, 5.74) is -0.171. The van der Waals surface area contributed by atoms with Gasteiger partial charge in [-0.25, -0.2) is 0 Å². The lowest BCUT2D eigenvalue weighted by molar-refractivity contribution is -0.135. The second-order valence-corrected chi connectivity index (χ2v) is 6.93. The molecule has 1 fully saturated rings. The molecule has 0 aliphatic carbocycles. The largest absolute Gasteiger partial charge is 0.469 e. The lowest BCUT2D eigenvalue weighted by Crippen LogP contribution is -2.59. The second kappa shape index (κ2) is 6.86. The number of nitrogens with one attached hydrogen (secondary N) is 1. The van der Waals surface area contributed by atoms with Crippen LogP contribution in [0.5, 0.6) is 0 Å². The average Bonchev–Trinajstić information content (AvgIpc) is 3.22. The summed E-state index contributed by atoms with van der Waals surface area (Å²) in [5.74, 6) is 1.35. The summed E-state index contributed by atoms with van der Waals surface area (Å²) in [7, 11) is 5.33. The maximum Gasteiger partial charge on any atom is 0.257 e. The first-order valence-corrected chi connectivity index (χ1v) is 8.65. The molecule has 2 aromatic heterocycles. The lowest BCUT2D eigenvalue weighted by atomic mass is 9.85. The van der Waals surface area contributed by atoms with E-state index in [9.17, 15) is 9.59 Å². The Kier molecular flexibility index (Phi) is 4.76. The maximum absolute atomic E-state index is 12.9. The van der Waals surface area contributed by atoms with Gasteiger partial charge in [0.25, 0.3) is 5.91 Å². The second-order valence-electron chi connectivity index (χ2n) is 6.93. The summed E-state index contributed by atoms with van der Waals surface area (Å²) in [6.45, 7) is 2.77. The highest BCUT2D eigenvalue weighted by Gasteiger charge is 2.44. The van der Waals surface area contributed by atoms with Crippen LogP contribution < -0.4 is 5.32 Å². The summed E-state index contributed by atoms with van der Waals surface area (Å²) in [4.78, 5) is 29.0. The average molecular weight is 359 g/mol. The van der Waals surface area contributed by atoms with Crippen LogP contribution in [0.4, 0.5) is 5.82 Å². The van der Waals surface area contributed by atoms with E-state index in [1.165, 1.54) is 6.26 Å². The van der Waals surface area contributed by atoms with E-state index in [1.54, 1.807) is 47.8 Å². The quantitative estimate of drug-likeness (QED) is 0.894. The number of likely N-dealkylation sites (tertiary alicyclic amines) is 1. The number of amides is 2. The van der Waals surface area contributed by atoms with Gasteiger partial charge in [0.15, 0.2) is 0 Å². The van der Waals surface area contributed by atoms with Crippen LogP contribution in [0.2, 0.25) is 0 Å². The molecule has 1 N–H and O–H groups in total. The Hall–Kier alpha value is -2.77. The molecule has 3 heterocycles. The number of hydrogen-bond donors (Lipinski definition) is 1. The van der Waals surface area contributed by atoms with Gasteiger partial charge in [-0.05, 0) is 25.8 Å². The minimum atomic E-state index is -0.750. The minimum absolute atomic E-state index is 0.00490. The Morgan fingerprint density at radius 1 is 1.27 bits per heavy atom. The van der Waals surface area contributed by atoms with Crippen molar-refractivity contribution in [2.24, 2.45) is 7.05 Å². The third kappa shape index (κ3) is 3.18. The van der Waals surface area contributed by atoms with Crippen molar-refractivity contribution in [1.29, 1.82) is 0 Å². The summed E-state index contributed by atoms with van der Waals surface area (Å²) in [5, 5.41) is 7.54. The van der Waals surface area contributed by atoms with Crippen LogP contribution in [0.1, 0.15) is 29.0 Å². The third-order valence-electron chi connectivity index (χ3n) is 5.00. The molecule has 0 atom stereocenters. The van der Waals surface area contributed by atoms with E-state index in [4.69, 9.17) is 4.42 Å². The number of furan rings is 1. The number of aryl methyl sites for hydroxylation is 2. The van der Waals surface area contributed by atoms with Crippen LogP contribution in [0.25, 0.3) is 0 Å². The number of carbonyl (C=O) groups excluding carboxylic acids is 2. The molecular weight excluding hydrogens is 334 g/mol. The third-order valence-corrected chi connectivity index (χ3v) is 5.00. The predicted molar refractivity (Wildman–Crippen MR) is 96.8 cm³/mol. The Bertz CT molecular complexity index is 799. The normalized spacial score (nSPS) is 16.4. The van der Waals surface area contributed by atoms with Crippen molar-refractivity contribution in [1.82, 2.24) is 19.6 Å². The van der Waals surface area contributed by atoms with Crippen molar-refractivity contribution >= 4 is 17.6 Å². The SMILES string of the molecule is Cc1occc1C(=O)N1CCC(Nc2ccnn2C)(C(=O)N(C)C)CC1. The fourth-order valence-electron chi connectivity index (χ4n) is 3.43. The fourth-order valence-corrected chi connectivity index (χ4v) is 3.43. The van der Waals surface area contributed by atoms with Gasteiger partial charge in [-0.1, -0.05) is 0 Å². The number of anilines is 1. The molecule has 0 unspecified atom stereocenters. The van der Waals surface area contributed by atoms with E-state index in [-0.39, 0.29) is 11.8 Å². The molecule has 2 aromatic rings. The first kappa shape index (κ1) is 18.0. The van der Waals surface area contributed by atoms with Gasteiger partial charge in [0.2, 0.25) is 5.91 Å². The molecule has 0 bridgehead atoms. The highest BCUT2D eigenvalue weighted by atomic mass is 16.3. The Balaban J connectivity index is 1.79. The molecule has 26 heavy (non-hydrogen) atoms. The van der Waals surface area contributed by atoms with Crippen LogP contribution in [0, 0.1) is 6.92 Å². The number of aromatic nitrogens is 2. The van der Waals surface area contributed by atoms with Crippen molar-refractivity contribution in [3.05, 3.63) is 35.9 Å². The topological polar surface area (TPSA) is 83.6 Å². The number of piperidine rings is 1. The first-order chi connectivity index (χ1) is 12.3. The molecule has 0 spiro atoms. The molecule has 3 rings (SSSR count). The van der Waals surface area contributed by atoms with E-state index in [0.29, 0.717) is 37.3 Å². The van der Waals surface area contributed by atoms with Gasteiger partial charge in [0.05, 0.1) is 18.0 Å². The standard InChI is InChI=1S/C18H25N5O3/c1-13-14(6-12-26-13)16(24)23-10-7-18(8-11-23,17(25)21(2)3)20-15-5-9-19-22(15)4/h5-6,9,12,20H,7-8,10-11H2,1-4H3. The van der Waals surface area contributed by atoms with Crippen molar-refractivity contribution < 1.29 is 14.0 Å². The molecule has 0 radical (unpaired) electrons. The monoisotopic (exact) mass is 359 g/mol. The highest BCUT2D eigenvalue weighted by molar-refractivity contribution is 5.96. The van der Waals surface area contributed by atoms with E-state index in [2.05, 4.69) is 10.4 Å². The van der Waals surface area contributed by atoms with E-state index >= 15 is 0 Å². The molecule has 8 heteroatoms. The zero-order valence-electron chi connectivity index (χ0n) is 15.7. The molecular formula is C18H25N5O3. The number of rotatable bonds is 4. The molecule has 1 aliphatic rings. The zero-order chi connectivity index (χ0) is 18.9. The number of hydrogen-bond acceptors (Lipinski definition) is 5. The van der Waals surface area contributed by atoms with Gasteiger partial charge in [-0.15, -0.1) is 0 Å². The molecule has 140 valence electrons. The summed E-state index contributed by atoms with van der Waals surface area (Å²) >= 11 is 0. The van der Waals surface area contributed by atoms with E-state index in [1.807, 2.05) is 13.1 Å². The maximum atomic E-state index is 12.9. The molecule has 1 saturated heterocycles. The van der Waals surface area contributed by atoms with Crippen molar-refractivity contribution in [3.63, 3.8) is 0 Å². The summed E-state index contributed by atoms with van der Waals surface area (Å²) in [6.07, 6.45) is 4.27. The molecule has 1 aliphatic heterocycles. The van der Waals surface area contributed by atoms with E-state index in [0.717, 1.165) is 5.82 Å². The van der Waals surface area contributed by atoms with Gasteiger partial charge < -0.3 is 19.5 Å². The Morgan fingerprint density at radius 2 is 1.96 bits per heavy atom. The Morgan fingerprint density at radius 3 is 2.46 bits per heavy atom. The van der Waals surface area contributed by atoms with Crippen LogP contribution in [-0.4, -0.2) is 64.1 Å². The van der Waals surface area contributed by atoms with Crippen LogP contribution in [0.15, 0.2) is 29.0 Å². The summed E-state index contributed by atoms with van der Waals surface area (Å²) < 4.78 is 6.95. The fraction of sp³-hybridized carbons (Fsp3) is 0.500. The van der Waals surface area contributed by atoms with Crippen molar-refractivity contribution in [2.45, 2.75) is 25.3 Å². The van der Waals surface area contributed by atoms with Gasteiger partial charge >= 0.3 is 0 Å². The smallest absolute Gasteiger partial charge is 0.257 e. The van der Waals surface area contributed by atoms with Gasteiger partial charge in [0, 0.05) is 40.3 Å². The molecule has 8 nitrogen and oxygen atoms in total. The predicted octanol–water partition coefficient (Wildman–Crippen LogP) is 1.50. The van der Waals surface area contributed by atoms with E-state index < -0.39 is 5.54 Å². The lowest BCUT2D eigenvalue weighted by Gasteiger charge is -2.42. The van der Waals surface area contributed by atoms with Crippen LogP contribution in [0.3, 0.4) is 0 Å². The van der Waals surface area contributed by atoms with Crippen LogP contribution >= 0.6 is 0 Å². The highest BCUT2D eigenvalue weighted by Crippen LogP contribution is 2.29. The molecule has 0 saturated carbocycles.